The molecule has 0 radical (unpaired) electrons. The number of aliphatic hydroxyl groups excluding tert-OH is 2. The number of thioether (sulfide) groups is 1. The van der Waals surface area contributed by atoms with Gasteiger partial charge in [-0.15, -0.1) is 0 Å². The number of nitrogen functional groups attached to an aromatic ring is 1. The normalized spacial score (nSPS) is 22.1. The number of nitrogens with two attached hydrogens (primary N) is 1. The number of amides is 2. The third-order valence-electron chi connectivity index (χ3n) is 6.15. The lowest BCUT2D eigenvalue weighted by Crippen LogP contribution is -2.32. The van der Waals surface area contributed by atoms with Gasteiger partial charge >= 0.3 is 6.03 Å². The number of carbonyl (C=O) groups excluding carboxylic acids is 1. The second-order valence-corrected chi connectivity index (χ2v) is 11.1. The van der Waals surface area contributed by atoms with E-state index in [4.69, 9.17) is 10.5 Å². The summed E-state index contributed by atoms with van der Waals surface area (Å²) >= 11 is 1.59. The van der Waals surface area contributed by atoms with E-state index in [1.54, 1.807) is 28.6 Å². The molecule has 1 saturated heterocycles. The Labute approximate surface area is 214 Å². The van der Waals surface area contributed by atoms with Crippen LogP contribution in [0.15, 0.2) is 42.9 Å². The third kappa shape index (κ3) is 5.92. The molecule has 1 aliphatic rings. The molecule has 0 unspecified atom stereocenters. The fraction of sp³-hybridized carbons (Fsp3) is 0.480. The highest BCUT2D eigenvalue weighted by molar-refractivity contribution is 7.99. The smallest absolute Gasteiger partial charge is 0.319 e. The van der Waals surface area contributed by atoms with Gasteiger partial charge in [0.2, 0.25) is 0 Å². The van der Waals surface area contributed by atoms with Crippen LogP contribution in [0.2, 0.25) is 0 Å². The summed E-state index contributed by atoms with van der Waals surface area (Å²) in [5.41, 5.74) is 9.47. The number of aromatic nitrogens is 3. The van der Waals surface area contributed by atoms with Crippen molar-refractivity contribution >= 4 is 40.3 Å². The molecular formula is C25H34N6O4S. The standard InChI is InChI=1S/C25H34N6O4S/c1-25(2,3)15-5-7-16(8-6-15)30-24(34)28-10-4-12-36-13-18-20(32)21(33)23(35-18)31-14-29-19-17(26)9-11-27-22(19)31/h5-9,11,14,18,20-21,23,32-33H,4,10,12-13H2,1-3H3,(H2,26,27)(H2,28,30,34)/t18-,20-,21-,23-/m1/s1. The fourth-order valence-corrected chi connectivity index (χ4v) is 5.06. The summed E-state index contributed by atoms with van der Waals surface area (Å²) in [6.07, 6.45) is 0.352. The van der Waals surface area contributed by atoms with E-state index in [0.717, 1.165) is 17.9 Å². The predicted octanol–water partition coefficient (Wildman–Crippen LogP) is 2.88. The quantitative estimate of drug-likeness (QED) is 0.288. The zero-order chi connectivity index (χ0) is 25.9. The zero-order valence-electron chi connectivity index (χ0n) is 20.7. The predicted molar refractivity (Wildman–Crippen MR) is 142 cm³/mol. The van der Waals surface area contributed by atoms with Gasteiger partial charge in [-0.1, -0.05) is 32.9 Å². The van der Waals surface area contributed by atoms with Crippen molar-refractivity contribution in [3.05, 3.63) is 48.4 Å². The maximum Gasteiger partial charge on any atom is 0.319 e. The van der Waals surface area contributed by atoms with Crippen LogP contribution in [0.25, 0.3) is 11.2 Å². The number of nitrogens with one attached hydrogen (secondary N) is 2. The molecule has 2 aromatic heterocycles. The van der Waals surface area contributed by atoms with Gasteiger partial charge in [-0.05, 0) is 41.4 Å². The highest BCUT2D eigenvalue weighted by atomic mass is 32.2. The number of hydrogen-bond donors (Lipinski definition) is 5. The van der Waals surface area contributed by atoms with Crippen molar-refractivity contribution in [2.24, 2.45) is 0 Å². The van der Waals surface area contributed by atoms with Crippen molar-refractivity contribution in [2.75, 3.05) is 29.1 Å². The first-order chi connectivity index (χ1) is 17.1. The van der Waals surface area contributed by atoms with E-state index in [1.165, 1.54) is 11.9 Å². The Hall–Kier alpha value is -2.86. The summed E-state index contributed by atoms with van der Waals surface area (Å²) in [6, 6.07) is 9.27. The molecule has 6 N–H and O–H groups in total. The lowest BCUT2D eigenvalue weighted by atomic mass is 9.87. The third-order valence-corrected chi connectivity index (χ3v) is 7.29. The van der Waals surface area contributed by atoms with Crippen LogP contribution in [0.4, 0.5) is 16.2 Å². The Kier molecular flexibility index (Phi) is 8.04. The summed E-state index contributed by atoms with van der Waals surface area (Å²) in [6.45, 7) is 6.97. The average Bonchev–Trinajstić information content (AvgIpc) is 3.38. The molecule has 36 heavy (non-hydrogen) atoms. The molecule has 11 heteroatoms. The summed E-state index contributed by atoms with van der Waals surface area (Å²) < 4.78 is 7.56. The van der Waals surface area contributed by atoms with Gasteiger partial charge in [0.15, 0.2) is 11.9 Å². The van der Waals surface area contributed by atoms with E-state index in [0.29, 0.717) is 29.1 Å². The van der Waals surface area contributed by atoms with Crippen LogP contribution in [-0.2, 0) is 10.2 Å². The SMILES string of the molecule is CC(C)(C)c1ccc(NC(=O)NCCCSC[C@H]2O[C@@H](n3cnc4c(N)ccnc43)[C@H](O)[C@@H]2O)cc1. The van der Waals surface area contributed by atoms with Crippen LogP contribution < -0.4 is 16.4 Å². The van der Waals surface area contributed by atoms with Crippen molar-refractivity contribution in [1.29, 1.82) is 0 Å². The first-order valence-electron chi connectivity index (χ1n) is 12.0. The number of pyridine rings is 1. The maximum atomic E-state index is 12.1. The van der Waals surface area contributed by atoms with E-state index >= 15 is 0 Å². The second-order valence-electron chi connectivity index (χ2n) is 9.91. The first-order valence-corrected chi connectivity index (χ1v) is 13.1. The fourth-order valence-electron chi connectivity index (χ4n) is 4.04. The van der Waals surface area contributed by atoms with Gasteiger partial charge in [-0.2, -0.15) is 11.8 Å². The van der Waals surface area contributed by atoms with Crippen LogP contribution in [0.3, 0.4) is 0 Å². The lowest BCUT2D eigenvalue weighted by molar-refractivity contribution is -0.0288. The number of rotatable bonds is 8. The minimum absolute atomic E-state index is 0.0661. The molecule has 0 aliphatic carbocycles. The van der Waals surface area contributed by atoms with Crippen molar-refractivity contribution in [1.82, 2.24) is 19.9 Å². The summed E-state index contributed by atoms with van der Waals surface area (Å²) in [4.78, 5) is 20.7. The molecule has 1 aliphatic heterocycles. The van der Waals surface area contributed by atoms with Gasteiger partial charge in [0, 0.05) is 24.2 Å². The van der Waals surface area contributed by atoms with Gasteiger partial charge in [-0.3, -0.25) is 4.57 Å². The van der Waals surface area contributed by atoms with Crippen LogP contribution in [-0.4, -0.2) is 67.1 Å². The highest BCUT2D eigenvalue weighted by Gasteiger charge is 2.44. The number of anilines is 2. The maximum absolute atomic E-state index is 12.1. The average molecular weight is 515 g/mol. The molecule has 10 nitrogen and oxygen atoms in total. The molecule has 0 spiro atoms. The minimum atomic E-state index is -1.11. The summed E-state index contributed by atoms with van der Waals surface area (Å²) in [7, 11) is 0. The number of carbonyl (C=O) groups is 1. The van der Waals surface area contributed by atoms with Gasteiger partial charge in [0.05, 0.1) is 18.1 Å². The van der Waals surface area contributed by atoms with Crippen LogP contribution in [0.5, 0.6) is 0 Å². The molecule has 2 amide bonds. The Morgan fingerprint density at radius 3 is 2.64 bits per heavy atom. The van der Waals surface area contributed by atoms with Gasteiger partial charge in [0.25, 0.3) is 0 Å². The number of urea groups is 1. The van der Waals surface area contributed by atoms with Crippen LogP contribution in [0.1, 0.15) is 39.0 Å². The molecule has 1 aromatic carbocycles. The topological polar surface area (TPSA) is 148 Å². The van der Waals surface area contributed by atoms with Crippen LogP contribution in [0, 0.1) is 0 Å². The molecule has 3 aromatic rings. The van der Waals surface area contributed by atoms with E-state index < -0.39 is 24.5 Å². The molecule has 3 heterocycles. The van der Waals surface area contributed by atoms with Crippen molar-refractivity contribution in [3.63, 3.8) is 0 Å². The molecular weight excluding hydrogens is 480 g/mol. The first kappa shape index (κ1) is 26.2. The van der Waals surface area contributed by atoms with Gasteiger partial charge < -0.3 is 31.3 Å². The number of fused-ring (bicyclic) bond motifs is 1. The minimum Gasteiger partial charge on any atom is -0.397 e. The van der Waals surface area contributed by atoms with Gasteiger partial charge in [0.1, 0.15) is 17.7 Å². The molecule has 4 atom stereocenters. The number of imidazole rings is 1. The van der Waals surface area contributed by atoms with E-state index in [1.807, 2.05) is 24.3 Å². The molecule has 0 saturated carbocycles. The molecule has 4 rings (SSSR count). The number of aliphatic hydroxyl groups is 2. The monoisotopic (exact) mass is 514 g/mol. The number of benzene rings is 1. The largest absolute Gasteiger partial charge is 0.397 e. The summed E-state index contributed by atoms with van der Waals surface area (Å²) in [5.74, 6) is 1.27. The van der Waals surface area contributed by atoms with Crippen LogP contribution >= 0.6 is 11.8 Å². The summed E-state index contributed by atoms with van der Waals surface area (Å²) in [5, 5.41) is 26.8. The zero-order valence-corrected chi connectivity index (χ0v) is 21.5. The van der Waals surface area contributed by atoms with E-state index in [-0.39, 0.29) is 11.4 Å². The Morgan fingerprint density at radius 2 is 1.92 bits per heavy atom. The Bertz CT molecular complexity index is 1180. The van der Waals surface area contributed by atoms with Crippen molar-refractivity contribution in [3.8, 4) is 0 Å². The molecule has 1 fully saturated rings. The molecule has 194 valence electrons. The number of nitrogens with zero attached hydrogens (tertiary/aromatic N) is 3. The van der Waals surface area contributed by atoms with Gasteiger partial charge in [-0.25, -0.2) is 14.8 Å². The Morgan fingerprint density at radius 1 is 1.17 bits per heavy atom. The van der Waals surface area contributed by atoms with E-state index in [9.17, 15) is 15.0 Å². The number of hydrogen-bond acceptors (Lipinski definition) is 8. The lowest BCUT2D eigenvalue weighted by Gasteiger charge is -2.19. The van der Waals surface area contributed by atoms with Crippen molar-refractivity contribution in [2.45, 2.75) is 57.1 Å². The second kappa shape index (κ2) is 11.0. The highest BCUT2D eigenvalue weighted by Crippen LogP contribution is 2.33. The number of ether oxygens (including phenoxy) is 1. The van der Waals surface area contributed by atoms with E-state index in [2.05, 4.69) is 41.4 Å². The molecule has 0 bridgehead atoms. The Balaban J connectivity index is 1.17. The van der Waals surface area contributed by atoms with Crippen molar-refractivity contribution < 1.29 is 19.7 Å².